The number of hydrogen-bond donors (Lipinski definition) is 1. The van der Waals surface area contributed by atoms with E-state index in [0.717, 1.165) is 54.0 Å². The molecule has 5 heteroatoms. The number of hydrogen-bond acceptors (Lipinski definition) is 4. The van der Waals surface area contributed by atoms with Crippen LogP contribution in [0.4, 0.5) is 5.82 Å². The molecule has 1 aliphatic rings. The minimum absolute atomic E-state index is 0.159. The number of nitrogens with zero attached hydrogens (tertiary/aromatic N) is 2. The van der Waals surface area contributed by atoms with Crippen molar-refractivity contribution >= 4 is 11.8 Å². The average Bonchev–Trinajstić information content (AvgIpc) is 3.06. The Morgan fingerprint density at radius 2 is 1.90 bits per heavy atom. The molecule has 0 bridgehead atoms. The Hall–Kier alpha value is -2.56. The zero-order valence-electron chi connectivity index (χ0n) is 20.1. The molecule has 0 aliphatic carbocycles. The Morgan fingerprint density at radius 3 is 2.55 bits per heavy atom. The maximum Gasteiger partial charge on any atom is 0.336 e. The molecule has 2 heterocycles. The molecule has 0 radical (unpaired) electrons. The van der Waals surface area contributed by atoms with Crippen molar-refractivity contribution in [1.29, 1.82) is 0 Å². The molecule has 0 saturated carbocycles. The van der Waals surface area contributed by atoms with Crippen molar-refractivity contribution in [3.63, 3.8) is 0 Å². The van der Waals surface area contributed by atoms with E-state index in [9.17, 15) is 4.79 Å². The molecule has 0 amide bonds. The monoisotopic (exact) mass is 423 g/mol. The molecule has 1 unspecified atom stereocenters. The van der Waals surface area contributed by atoms with Crippen LogP contribution in [-0.2, 0) is 28.4 Å². The highest BCUT2D eigenvalue weighted by molar-refractivity contribution is 5.94. The van der Waals surface area contributed by atoms with Crippen LogP contribution in [0.2, 0.25) is 0 Å². The molecule has 1 aromatic heterocycles. The number of benzene rings is 1. The van der Waals surface area contributed by atoms with Gasteiger partial charge in [-0.05, 0) is 30.9 Å². The van der Waals surface area contributed by atoms with Crippen LogP contribution in [0.25, 0.3) is 0 Å². The van der Waals surface area contributed by atoms with Crippen LogP contribution < -0.4 is 5.32 Å². The molecule has 3 rings (SSSR count). The molecule has 0 fully saturated rings. The molecular weight excluding hydrogens is 386 g/mol. The van der Waals surface area contributed by atoms with Crippen LogP contribution in [-0.4, -0.2) is 22.4 Å². The van der Waals surface area contributed by atoms with Crippen molar-refractivity contribution in [2.45, 2.75) is 78.6 Å². The highest BCUT2D eigenvalue weighted by Gasteiger charge is 2.40. The molecule has 5 nitrogen and oxygen atoms in total. The Labute approximate surface area is 186 Å². The second-order valence-corrected chi connectivity index (χ2v) is 9.48. The predicted molar refractivity (Wildman–Crippen MR) is 126 cm³/mol. The molecule has 1 N–H and O–H groups in total. The van der Waals surface area contributed by atoms with E-state index in [1.807, 2.05) is 18.7 Å². The van der Waals surface area contributed by atoms with Crippen LogP contribution in [0.1, 0.15) is 89.1 Å². The van der Waals surface area contributed by atoms with Gasteiger partial charge >= 0.3 is 5.97 Å². The summed E-state index contributed by atoms with van der Waals surface area (Å²) in [7, 11) is 1.96. The molecule has 0 saturated heterocycles. The Morgan fingerprint density at radius 1 is 1.19 bits per heavy atom. The minimum Gasteiger partial charge on any atom is -0.462 e. The van der Waals surface area contributed by atoms with E-state index >= 15 is 0 Å². The SMILES string of the molecule is CCCCCOC(=O)C1=C(C)Nc2c(c(C(C)(C)C)nn2C)C1c1ccccc1CC. The van der Waals surface area contributed by atoms with Gasteiger partial charge in [0.25, 0.3) is 0 Å². The van der Waals surface area contributed by atoms with Gasteiger partial charge in [0.2, 0.25) is 0 Å². The largest absolute Gasteiger partial charge is 0.462 e. The number of carbonyl (C=O) groups is 1. The van der Waals surface area contributed by atoms with Crippen LogP contribution in [0.5, 0.6) is 0 Å². The highest BCUT2D eigenvalue weighted by atomic mass is 16.5. The first-order valence-electron chi connectivity index (χ1n) is 11.5. The van der Waals surface area contributed by atoms with Gasteiger partial charge in [-0.1, -0.05) is 71.7 Å². The zero-order valence-corrected chi connectivity index (χ0v) is 20.1. The van der Waals surface area contributed by atoms with E-state index < -0.39 is 0 Å². The second kappa shape index (κ2) is 9.29. The topological polar surface area (TPSA) is 56.1 Å². The van der Waals surface area contributed by atoms with Crippen molar-refractivity contribution in [3.05, 3.63) is 57.9 Å². The third-order valence-corrected chi connectivity index (χ3v) is 6.03. The van der Waals surface area contributed by atoms with Gasteiger partial charge in [0.1, 0.15) is 5.82 Å². The second-order valence-electron chi connectivity index (χ2n) is 9.48. The first kappa shape index (κ1) is 23.1. The lowest BCUT2D eigenvalue weighted by atomic mass is 9.75. The maximum absolute atomic E-state index is 13.4. The summed E-state index contributed by atoms with van der Waals surface area (Å²) in [4.78, 5) is 13.4. The van der Waals surface area contributed by atoms with E-state index in [1.54, 1.807) is 0 Å². The molecule has 168 valence electrons. The normalized spacial score (nSPS) is 16.2. The van der Waals surface area contributed by atoms with Crippen molar-refractivity contribution in [3.8, 4) is 0 Å². The van der Waals surface area contributed by atoms with Gasteiger partial charge in [-0.2, -0.15) is 5.10 Å². The molecule has 0 spiro atoms. The van der Waals surface area contributed by atoms with E-state index in [2.05, 4.69) is 64.2 Å². The smallest absolute Gasteiger partial charge is 0.336 e. The first-order chi connectivity index (χ1) is 14.7. The van der Waals surface area contributed by atoms with Gasteiger partial charge in [-0.3, -0.25) is 4.68 Å². The number of aromatic nitrogens is 2. The van der Waals surface area contributed by atoms with Gasteiger partial charge in [0.05, 0.1) is 17.9 Å². The molecule has 1 aliphatic heterocycles. The number of nitrogens with one attached hydrogen (secondary N) is 1. The van der Waals surface area contributed by atoms with Crippen LogP contribution in [0, 0.1) is 0 Å². The molecule has 1 aromatic carbocycles. The van der Waals surface area contributed by atoms with Gasteiger partial charge in [0, 0.05) is 29.6 Å². The number of anilines is 1. The van der Waals surface area contributed by atoms with Crippen molar-refractivity contribution in [2.24, 2.45) is 7.05 Å². The van der Waals surface area contributed by atoms with E-state index in [1.165, 1.54) is 5.56 Å². The third kappa shape index (κ3) is 4.56. The fourth-order valence-corrected chi connectivity index (χ4v) is 4.44. The van der Waals surface area contributed by atoms with Gasteiger partial charge in [0.15, 0.2) is 0 Å². The zero-order chi connectivity index (χ0) is 22.8. The summed E-state index contributed by atoms with van der Waals surface area (Å²) in [6.07, 6.45) is 3.95. The summed E-state index contributed by atoms with van der Waals surface area (Å²) in [5.41, 5.74) is 5.88. The minimum atomic E-state index is -0.230. The van der Waals surface area contributed by atoms with Gasteiger partial charge < -0.3 is 10.1 Å². The predicted octanol–water partition coefficient (Wildman–Crippen LogP) is 5.84. The summed E-state index contributed by atoms with van der Waals surface area (Å²) in [5, 5.41) is 8.35. The van der Waals surface area contributed by atoms with Crippen LogP contribution in [0.15, 0.2) is 35.5 Å². The quantitative estimate of drug-likeness (QED) is 0.449. The Bertz CT molecular complexity index is 979. The number of allylic oxidation sites excluding steroid dienone is 1. The maximum atomic E-state index is 13.4. The fourth-order valence-electron chi connectivity index (χ4n) is 4.44. The lowest BCUT2D eigenvalue weighted by Gasteiger charge is -2.31. The number of rotatable bonds is 7. The Balaban J connectivity index is 2.18. The molecule has 2 aromatic rings. The average molecular weight is 424 g/mol. The fraction of sp³-hybridized carbons (Fsp3) is 0.538. The summed E-state index contributed by atoms with van der Waals surface area (Å²) in [5.74, 6) is 0.529. The number of carbonyl (C=O) groups excluding carboxylic acids is 1. The van der Waals surface area contributed by atoms with Crippen molar-refractivity contribution in [2.75, 3.05) is 11.9 Å². The van der Waals surface area contributed by atoms with Crippen LogP contribution >= 0.6 is 0 Å². The van der Waals surface area contributed by atoms with Crippen LogP contribution in [0.3, 0.4) is 0 Å². The van der Waals surface area contributed by atoms with E-state index in [0.29, 0.717) is 12.2 Å². The summed E-state index contributed by atoms with van der Waals surface area (Å²) < 4.78 is 7.67. The summed E-state index contributed by atoms with van der Waals surface area (Å²) in [6, 6.07) is 8.43. The van der Waals surface area contributed by atoms with E-state index in [4.69, 9.17) is 9.84 Å². The number of unbranched alkanes of at least 4 members (excludes halogenated alkanes) is 2. The van der Waals surface area contributed by atoms with Gasteiger partial charge in [-0.25, -0.2) is 4.79 Å². The lowest BCUT2D eigenvalue weighted by Crippen LogP contribution is -2.27. The number of aryl methyl sites for hydroxylation is 2. The number of ether oxygens (including phenoxy) is 1. The molecule has 1 atom stereocenters. The Kier molecular flexibility index (Phi) is 6.93. The van der Waals surface area contributed by atoms with Crippen molar-refractivity contribution in [1.82, 2.24) is 9.78 Å². The molecular formula is C26H37N3O2. The standard InChI is InChI=1S/C26H37N3O2/c1-8-10-13-16-31-25(30)20-17(3)27-24-22(23(26(4,5)6)28-29(24)7)21(20)19-15-12-11-14-18(19)9-2/h11-12,14-15,21,27H,8-10,13,16H2,1-7H3. The van der Waals surface area contributed by atoms with Gasteiger partial charge in [-0.15, -0.1) is 0 Å². The third-order valence-electron chi connectivity index (χ3n) is 6.03. The highest BCUT2D eigenvalue weighted by Crippen LogP contribution is 2.47. The molecule has 31 heavy (non-hydrogen) atoms. The number of esters is 1. The van der Waals surface area contributed by atoms with Crippen molar-refractivity contribution < 1.29 is 9.53 Å². The number of fused-ring (bicyclic) bond motifs is 1. The summed E-state index contributed by atoms with van der Waals surface area (Å²) in [6.45, 7) is 13.3. The first-order valence-corrected chi connectivity index (χ1v) is 11.5. The lowest BCUT2D eigenvalue weighted by molar-refractivity contribution is -0.139. The summed E-state index contributed by atoms with van der Waals surface area (Å²) >= 11 is 0. The van der Waals surface area contributed by atoms with E-state index in [-0.39, 0.29) is 17.3 Å².